The van der Waals surface area contributed by atoms with E-state index in [2.05, 4.69) is 0 Å². The van der Waals surface area contributed by atoms with Gasteiger partial charge in [0.25, 0.3) is 0 Å². The molecule has 0 amide bonds. The molecule has 0 unspecified atom stereocenters. The van der Waals surface area contributed by atoms with Gasteiger partial charge < -0.3 is 14.3 Å². The van der Waals surface area contributed by atoms with Gasteiger partial charge in [-0.05, 0) is 19.3 Å². The molecule has 1 aliphatic carbocycles. The summed E-state index contributed by atoms with van der Waals surface area (Å²) in [5, 5.41) is 0. The Morgan fingerprint density at radius 2 is 2.25 bits per heavy atom. The number of rotatable bonds is 2. The Hall–Kier alpha value is -0.410. The largest absolute Gasteiger partial charge is 0.352 e. The van der Waals surface area contributed by atoms with Crippen LogP contribution in [0.2, 0.25) is 0 Å². The highest BCUT2D eigenvalue weighted by atomic mass is 16.7. The summed E-state index contributed by atoms with van der Waals surface area (Å²) in [4.78, 5) is 11.0. The van der Waals surface area contributed by atoms with Crippen molar-refractivity contribution in [3.63, 3.8) is 0 Å². The predicted molar refractivity (Wildman–Crippen MR) is 42.7 cm³/mol. The first kappa shape index (κ1) is 8.20. The van der Waals surface area contributed by atoms with Crippen LogP contribution in [0, 0.1) is 5.41 Å². The van der Waals surface area contributed by atoms with Crippen molar-refractivity contribution in [2.45, 2.75) is 31.5 Å². The molecule has 2 rings (SSSR count). The molecule has 1 saturated carbocycles. The van der Waals surface area contributed by atoms with Crippen LogP contribution in [0.5, 0.6) is 0 Å². The van der Waals surface area contributed by atoms with E-state index in [-0.39, 0.29) is 5.41 Å². The summed E-state index contributed by atoms with van der Waals surface area (Å²) in [6, 6.07) is 0. The lowest BCUT2D eigenvalue weighted by Crippen LogP contribution is -2.43. The van der Waals surface area contributed by atoms with Crippen LogP contribution >= 0.6 is 0 Å². The summed E-state index contributed by atoms with van der Waals surface area (Å²) >= 11 is 0. The van der Waals surface area contributed by atoms with E-state index in [0.29, 0.717) is 6.61 Å². The van der Waals surface area contributed by atoms with E-state index in [1.807, 2.05) is 0 Å². The molecular weight excluding hydrogens is 156 g/mol. The highest BCUT2D eigenvalue weighted by molar-refractivity contribution is 5.62. The van der Waals surface area contributed by atoms with Crippen LogP contribution in [0.3, 0.4) is 0 Å². The van der Waals surface area contributed by atoms with Crippen molar-refractivity contribution >= 4 is 6.29 Å². The normalized spacial score (nSPS) is 46.1. The fraction of sp³-hybridized carbons (Fsp3) is 0.889. The van der Waals surface area contributed by atoms with Gasteiger partial charge in [0.2, 0.25) is 0 Å². The molecular formula is C9H14O3. The number of fused-ring (bicyclic) bond motifs is 1. The van der Waals surface area contributed by atoms with Crippen LogP contribution in [0.1, 0.15) is 25.7 Å². The third kappa shape index (κ3) is 0.756. The molecule has 68 valence electrons. The number of hydrogen-bond donors (Lipinski definition) is 0. The van der Waals surface area contributed by atoms with Crippen molar-refractivity contribution in [1.82, 2.24) is 0 Å². The molecule has 0 radical (unpaired) electrons. The van der Waals surface area contributed by atoms with Crippen LogP contribution < -0.4 is 0 Å². The zero-order valence-corrected chi connectivity index (χ0v) is 7.34. The average molecular weight is 170 g/mol. The molecule has 1 heterocycles. The zero-order valence-electron chi connectivity index (χ0n) is 7.34. The lowest BCUT2D eigenvalue weighted by atomic mass is 9.82. The summed E-state index contributed by atoms with van der Waals surface area (Å²) in [5.41, 5.74) is -0.332. The zero-order chi connectivity index (χ0) is 8.66. The second-order valence-corrected chi connectivity index (χ2v) is 3.68. The molecule has 12 heavy (non-hydrogen) atoms. The molecule has 0 N–H and O–H groups in total. The van der Waals surface area contributed by atoms with Gasteiger partial charge in [-0.25, -0.2) is 0 Å². The highest BCUT2D eigenvalue weighted by Crippen LogP contribution is 2.54. The van der Waals surface area contributed by atoms with Crippen LogP contribution in [0.15, 0.2) is 0 Å². The topological polar surface area (TPSA) is 35.5 Å². The quantitative estimate of drug-likeness (QED) is 0.582. The lowest BCUT2D eigenvalue weighted by molar-refractivity contribution is -0.224. The maximum Gasteiger partial charge on any atom is 0.180 e. The number of ether oxygens (including phenoxy) is 2. The Kier molecular flexibility index (Phi) is 1.73. The minimum Gasteiger partial charge on any atom is -0.352 e. The Balaban J connectivity index is 2.34. The molecule has 1 aliphatic heterocycles. The van der Waals surface area contributed by atoms with Gasteiger partial charge in [-0.2, -0.15) is 0 Å². The van der Waals surface area contributed by atoms with E-state index in [1.165, 1.54) is 0 Å². The first-order valence-electron chi connectivity index (χ1n) is 4.44. The molecule has 0 bridgehead atoms. The first-order chi connectivity index (χ1) is 5.79. The SMILES string of the molecule is CO[C@]12CCC[C@@]1(C=O)CCO2. The molecule has 3 nitrogen and oxygen atoms in total. The molecule has 0 aromatic carbocycles. The summed E-state index contributed by atoms with van der Waals surface area (Å²) in [7, 11) is 1.63. The van der Waals surface area contributed by atoms with Crippen LogP contribution in [-0.4, -0.2) is 25.8 Å². The van der Waals surface area contributed by atoms with Crippen molar-refractivity contribution in [3.8, 4) is 0 Å². The summed E-state index contributed by atoms with van der Waals surface area (Å²) in [6.07, 6.45) is 4.68. The van der Waals surface area contributed by atoms with E-state index < -0.39 is 5.79 Å². The maximum absolute atomic E-state index is 11.0. The van der Waals surface area contributed by atoms with Gasteiger partial charge >= 0.3 is 0 Å². The van der Waals surface area contributed by atoms with E-state index in [4.69, 9.17) is 9.47 Å². The van der Waals surface area contributed by atoms with Crippen LogP contribution in [0.25, 0.3) is 0 Å². The average Bonchev–Trinajstić information content (AvgIpc) is 2.58. The second kappa shape index (κ2) is 2.54. The number of carbonyl (C=O) groups is 1. The third-order valence-corrected chi connectivity index (χ3v) is 3.33. The molecule has 0 spiro atoms. The standard InChI is InChI=1S/C9H14O3/c1-11-9-4-2-3-8(9,7-10)5-6-12-9/h7H,2-6H2,1H3/t8-,9-/m0/s1. The van der Waals surface area contributed by atoms with E-state index in [0.717, 1.165) is 32.0 Å². The first-order valence-corrected chi connectivity index (χ1v) is 4.44. The van der Waals surface area contributed by atoms with Gasteiger partial charge in [0.05, 0.1) is 12.0 Å². The fourth-order valence-corrected chi connectivity index (χ4v) is 2.58. The lowest BCUT2D eigenvalue weighted by Gasteiger charge is -2.33. The minimum atomic E-state index is -0.575. The van der Waals surface area contributed by atoms with Crippen molar-refractivity contribution in [2.24, 2.45) is 5.41 Å². The van der Waals surface area contributed by atoms with Gasteiger partial charge in [-0.1, -0.05) is 0 Å². The summed E-state index contributed by atoms with van der Waals surface area (Å²) in [5.74, 6) is -0.575. The van der Waals surface area contributed by atoms with E-state index in [9.17, 15) is 4.79 Å². The Bertz CT molecular complexity index is 190. The molecule has 0 aromatic rings. The molecule has 3 heteroatoms. The van der Waals surface area contributed by atoms with Crippen LogP contribution in [-0.2, 0) is 14.3 Å². The van der Waals surface area contributed by atoms with Crippen molar-refractivity contribution < 1.29 is 14.3 Å². The predicted octanol–water partition coefficient (Wildman–Crippen LogP) is 1.12. The minimum absolute atomic E-state index is 0.332. The number of hydrogen-bond acceptors (Lipinski definition) is 3. The van der Waals surface area contributed by atoms with Gasteiger partial charge in [-0.15, -0.1) is 0 Å². The molecule has 0 aromatic heterocycles. The van der Waals surface area contributed by atoms with Gasteiger partial charge in [0, 0.05) is 13.5 Å². The third-order valence-electron chi connectivity index (χ3n) is 3.33. The molecule has 2 aliphatic rings. The summed E-state index contributed by atoms with van der Waals surface area (Å²) in [6.45, 7) is 0.659. The summed E-state index contributed by atoms with van der Waals surface area (Å²) < 4.78 is 10.9. The molecule has 2 atom stereocenters. The monoisotopic (exact) mass is 170 g/mol. The Morgan fingerprint density at radius 3 is 2.83 bits per heavy atom. The van der Waals surface area contributed by atoms with E-state index >= 15 is 0 Å². The van der Waals surface area contributed by atoms with Crippen molar-refractivity contribution in [1.29, 1.82) is 0 Å². The molecule has 2 fully saturated rings. The number of carbonyl (C=O) groups excluding carboxylic acids is 1. The van der Waals surface area contributed by atoms with Gasteiger partial charge in [-0.3, -0.25) is 0 Å². The second-order valence-electron chi connectivity index (χ2n) is 3.68. The Morgan fingerprint density at radius 1 is 1.42 bits per heavy atom. The van der Waals surface area contributed by atoms with Gasteiger partial charge in [0.1, 0.15) is 6.29 Å². The van der Waals surface area contributed by atoms with Crippen molar-refractivity contribution in [3.05, 3.63) is 0 Å². The highest BCUT2D eigenvalue weighted by Gasteiger charge is 2.60. The van der Waals surface area contributed by atoms with E-state index in [1.54, 1.807) is 7.11 Å². The van der Waals surface area contributed by atoms with Crippen molar-refractivity contribution in [2.75, 3.05) is 13.7 Å². The molecule has 1 saturated heterocycles. The maximum atomic E-state index is 11.0. The number of aldehydes is 1. The number of methoxy groups -OCH3 is 1. The fourth-order valence-electron chi connectivity index (χ4n) is 2.58. The van der Waals surface area contributed by atoms with Crippen LogP contribution in [0.4, 0.5) is 0 Å². The van der Waals surface area contributed by atoms with Gasteiger partial charge in [0.15, 0.2) is 5.79 Å². The Labute approximate surface area is 72.0 Å². The smallest absolute Gasteiger partial charge is 0.180 e.